The maximum Gasteiger partial charge on any atom is 0.277 e. The Morgan fingerprint density at radius 2 is 1.89 bits per heavy atom. The van der Waals surface area contributed by atoms with Crippen molar-refractivity contribution in [3.05, 3.63) is 88.1 Å². The van der Waals surface area contributed by atoms with E-state index in [-0.39, 0.29) is 29.9 Å². The summed E-state index contributed by atoms with van der Waals surface area (Å²) in [5, 5.41) is 23.6. The molecule has 0 spiro atoms. The maximum atomic E-state index is 13.9. The van der Waals surface area contributed by atoms with E-state index in [1.54, 1.807) is 30.7 Å². The summed E-state index contributed by atoms with van der Waals surface area (Å²) >= 11 is 0. The topological polar surface area (TPSA) is 138 Å². The molecular weight excluding hydrogens is 463 g/mol. The molecule has 10 heteroatoms. The molecule has 2 heterocycles. The Kier molecular flexibility index (Phi) is 6.76. The van der Waals surface area contributed by atoms with Crippen LogP contribution in [0.4, 0.5) is 10.1 Å². The Morgan fingerprint density at radius 3 is 2.53 bits per heavy atom. The van der Waals surface area contributed by atoms with Crippen molar-refractivity contribution < 1.29 is 19.1 Å². The van der Waals surface area contributed by atoms with Gasteiger partial charge in [0.15, 0.2) is 0 Å². The number of anilines is 1. The highest BCUT2D eigenvalue weighted by molar-refractivity contribution is 6.11. The number of hydrogen-bond donors (Lipinski definition) is 2. The largest absolute Gasteiger partial charge is 0.395 e. The molecule has 0 radical (unpaired) electrons. The van der Waals surface area contributed by atoms with E-state index in [4.69, 9.17) is 11.0 Å². The fourth-order valence-electron chi connectivity index (χ4n) is 4.16. The van der Waals surface area contributed by atoms with E-state index < -0.39 is 17.6 Å². The minimum absolute atomic E-state index is 0.0391. The molecule has 2 amide bonds. The second-order valence-corrected chi connectivity index (χ2v) is 8.25. The van der Waals surface area contributed by atoms with Crippen LogP contribution in [-0.4, -0.2) is 44.8 Å². The zero-order chi connectivity index (χ0) is 26.0. The van der Waals surface area contributed by atoms with Gasteiger partial charge in [-0.15, -0.1) is 0 Å². The summed E-state index contributed by atoms with van der Waals surface area (Å²) in [7, 11) is 0. The van der Waals surface area contributed by atoms with Crippen LogP contribution in [0.3, 0.4) is 0 Å². The van der Waals surface area contributed by atoms with Gasteiger partial charge >= 0.3 is 0 Å². The number of benzene rings is 2. The number of hydrogen-bond acceptors (Lipinski definition) is 6. The summed E-state index contributed by atoms with van der Waals surface area (Å²) in [6.07, 6.45) is 0. The Hall–Kier alpha value is -4.62. The van der Waals surface area contributed by atoms with Crippen molar-refractivity contribution in [3.8, 4) is 6.07 Å². The number of carbonyl (C=O) groups excluding carboxylic acids is 2. The molecule has 182 valence electrons. The first kappa shape index (κ1) is 24.5. The summed E-state index contributed by atoms with van der Waals surface area (Å²) in [5.74, 6) is -1.95. The number of aliphatic hydroxyl groups excluding tert-OH is 1. The van der Waals surface area contributed by atoms with Gasteiger partial charge in [-0.25, -0.2) is 9.37 Å². The highest BCUT2D eigenvalue weighted by Gasteiger charge is 2.26. The lowest BCUT2D eigenvalue weighted by Crippen LogP contribution is -2.35. The summed E-state index contributed by atoms with van der Waals surface area (Å²) < 4.78 is 15.6. The molecule has 36 heavy (non-hydrogen) atoms. The Balaban J connectivity index is 1.76. The van der Waals surface area contributed by atoms with E-state index in [2.05, 4.69) is 16.2 Å². The van der Waals surface area contributed by atoms with Crippen LogP contribution in [0.1, 0.15) is 43.4 Å². The predicted octanol–water partition coefficient (Wildman–Crippen LogP) is 2.85. The number of nitrogens with zero attached hydrogens (tertiary/aromatic N) is 5. The molecule has 0 aliphatic rings. The lowest BCUT2D eigenvalue weighted by atomic mass is 10.1. The first-order valence-electron chi connectivity index (χ1n) is 11.1. The summed E-state index contributed by atoms with van der Waals surface area (Å²) in [4.78, 5) is 31.3. The van der Waals surface area contributed by atoms with Gasteiger partial charge in [0.25, 0.3) is 5.91 Å². The number of primary amides is 1. The molecule has 0 unspecified atom stereocenters. The van der Waals surface area contributed by atoms with Crippen molar-refractivity contribution in [1.29, 1.82) is 5.26 Å². The normalized spacial score (nSPS) is 10.9. The Morgan fingerprint density at radius 1 is 1.17 bits per heavy atom. The molecule has 3 N–H and O–H groups in total. The minimum Gasteiger partial charge on any atom is -0.395 e. The number of fused-ring (bicyclic) bond motifs is 1. The lowest BCUT2D eigenvalue weighted by molar-refractivity contribution is 0.0976. The van der Waals surface area contributed by atoms with Gasteiger partial charge in [0, 0.05) is 18.0 Å². The molecule has 0 aliphatic carbocycles. The molecule has 0 atom stereocenters. The molecule has 2 aromatic carbocycles. The number of carbonyl (C=O) groups is 2. The van der Waals surface area contributed by atoms with Crippen molar-refractivity contribution in [2.24, 2.45) is 5.73 Å². The van der Waals surface area contributed by atoms with E-state index in [0.29, 0.717) is 34.6 Å². The van der Waals surface area contributed by atoms with E-state index in [1.807, 2.05) is 12.1 Å². The van der Waals surface area contributed by atoms with Crippen LogP contribution >= 0.6 is 0 Å². The standard InChI is InChI=1S/C26H23FN6O3/c1-15-24(16(2)33(31-15)14-18-5-3-17(13-28)4-6-18)32(9-10-34)26(36)23-12-21(25(29)35)20-8-7-19(27)11-22(20)30-23/h3-8,11-12,34H,9-10,14H2,1-2H3,(H2,29,35). The maximum absolute atomic E-state index is 13.9. The van der Waals surface area contributed by atoms with Crippen molar-refractivity contribution in [2.45, 2.75) is 20.4 Å². The highest BCUT2D eigenvalue weighted by Crippen LogP contribution is 2.28. The molecular formula is C26H23FN6O3. The van der Waals surface area contributed by atoms with Crippen molar-refractivity contribution in [3.63, 3.8) is 0 Å². The number of nitriles is 1. The number of halogens is 1. The monoisotopic (exact) mass is 486 g/mol. The predicted molar refractivity (Wildman–Crippen MR) is 131 cm³/mol. The molecule has 0 fully saturated rings. The zero-order valence-electron chi connectivity index (χ0n) is 19.7. The van der Waals surface area contributed by atoms with Crippen molar-refractivity contribution in [2.75, 3.05) is 18.1 Å². The highest BCUT2D eigenvalue weighted by atomic mass is 19.1. The fraction of sp³-hybridized carbons (Fsp3) is 0.192. The van der Waals surface area contributed by atoms with Crippen LogP contribution in [0.15, 0.2) is 48.5 Å². The SMILES string of the molecule is Cc1nn(Cc2ccc(C#N)cc2)c(C)c1N(CCO)C(=O)c1cc(C(N)=O)c2ccc(F)cc2n1. The van der Waals surface area contributed by atoms with E-state index in [0.717, 1.165) is 11.6 Å². The number of aromatic nitrogens is 3. The fourth-order valence-corrected chi connectivity index (χ4v) is 4.16. The van der Waals surface area contributed by atoms with Gasteiger partial charge in [-0.2, -0.15) is 10.4 Å². The summed E-state index contributed by atoms with van der Waals surface area (Å²) in [5.41, 5.74) is 8.72. The molecule has 0 saturated carbocycles. The third kappa shape index (κ3) is 4.64. The number of aliphatic hydroxyl groups is 1. The Bertz CT molecular complexity index is 1520. The van der Waals surface area contributed by atoms with Crippen LogP contribution in [0.2, 0.25) is 0 Å². The van der Waals surface area contributed by atoms with Gasteiger partial charge < -0.3 is 15.7 Å². The quantitative estimate of drug-likeness (QED) is 0.412. The lowest BCUT2D eigenvalue weighted by Gasteiger charge is -2.22. The first-order chi connectivity index (χ1) is 17.2. The van der Waals surface area contributed by atoms with Gasteiger partial charge in [0.1, 0.15) is 11.5 Å². The first-order valence-corrected chi connectivity index (χ1v) is 11.1. The van der Waals surface area contributed by atoms with Crippen molar-refractivity contribution in [1.82, 2.24) is 14.8 Å². The summed E-state index contributed by atoms with van der Waals surface area (Å²) in [6.45, 7) is 3.55. The van der Waals surface area contributed by atoms with Crippen LogP contribution in [-0.2, 0) is 6.54 Å². The van der Waals surface area contributed by atoms with E-state index >= 15 is 0 Å². The van der Waals surface area contributed by atoms with Crippen LogP contribution < -0.4 is 10.6 Å². The molecule has 9 nitrogen and oxygen atoms in total. The average molecular weight is 487 g/mol. The number of nitrogens with two attached hydrogens (primary N) is 1. The number of amides is 2. The number of aryl methyl sites for hydroxylation is 1. The number of pyridine rings is 1. The number of rotatable bonds is 7. The second-order valence-electron chi connectivity index (χ2n) is 8.25. The third-order valence-corrected chi connectivity index (χ3v) is 5.85. The van der Waals surface area contributed by atoms with Gasteiger partial charge in [-0.05, 0) is 49.7 Å². The van der Waals surface area contributed by atoms with E-state index in [1.165, 1.54) is 23.1 Å². The molecule has 4 aromatic rings. The summed E-state index contributed by atoms with van der Waals surface area (Å²) in [6, 6.07) is 14.1. The average Bonchev–Trinajstić information content (AvgIpc) is 3.13. The molecule has 2 aromatic heterocycles. The smallest absolute Gasteiger partial charge is 0.277 e. The Labute approximate surface area is 206 Å². The third-order valence-electron chi connectivity index (χ3n) is 5.85. The van der Waals surface area contributed by atoms with E-state index in [9.17, 15) is 19.1 Å². The molecule has 4 rings (SSSR count). The van der Waals surface area contributed by atoms with Gasteiger partial charge in [-0.1, -0.05) is 12.1 Å². The van der Waals surface area contributed by atoms with Crippen LogP contribution in [0.5, 0.6) is 0 Å². The minimum atomic E-state index is -0.778. The van der Waals surface area contributed by atoms with Crippen LogP contribution in [0, 0.1) is 31.0 Å². The van der Waals surface area contributed by atoms with Gasteiger partial charge in [0.2, 0.25) is 5.91 Å². The van der Waals surface area contributed by atoms with Gasteiger partial charge in [-0.3, -0.25) is 14.3 Å². The molecule has 0 saturated heterocycles. The van der Waals surface area contributed by atoms with Crippen molar-refractivity contribution >= 4 is 28.4 Å². The van der Waals surface area contributed by atoms with Gasteiger partial charge in [0.05, 0.1) is 52.9 Å². The molecule has 0 bridgehead atoms. The van der Waals surface area contributed by atoms with Crippen LogP contribution in [0.25, 0.3) is 10.9 Å². The second kappa shape index (κ2) is 9.93. The molecule has 0 aliphatic heterocycles. The zero-order valence-corrected chi connectivity index (χ0v) is 19.7.